The molecule has 0 saturated heterocycles. The third-order valence-electron chi connectivity index (χ3n) is 3.54. The van der Waals surface area contributed by atoms with Crippen molar-refractivity contribution >= 4 is 23.2 Å². The zero-order chi connectivity index (χ0) is 16.4. The highest BCUT2D eigenvalue weighted by molar-refractivity contribution is 7.14. The molecule has 0 saturated carbocycles. The second-order valence-corrected chi connectivity index (χ2v) is 6.27. The Morgan fingerprint density at radius 2 is 1.86 bits per heavy atom. The minimum Gasteiger partial charge on any atom is -0.480 e. The smallest absolute Gasteiger partial charge is 0.326 e. The van der Waals surface area contributed by atoms with Crippen molar-refractivity contribution in [1.29, 1.82) is 0 Å². The number of aliphatic carboxylic acids is 1. The van der Waals surface area contributed by atoms with Crippen molar-refractivity contribution in [1.82, 2.24) is 4.90 Å². The first-order chi connectivity index (χ1) is 10.3. The van der Waals surface area contributed by atoms with E-state index in [0.29, 0.717) is 4.88 Å². The fourth-order valence-corrected chi connectivity index (χ4v) is 3.04. The molecule has 1 N–H and O–H groups in total. The molecular formula is C16H16FNO3S. The number of likely N-dealkylation sites (N-methyl/N-ethyl adjacent to an activating group) is 1. The Hall–Kier alpha value is -2.21. The Bertz CT molecular complexity index is 709. The van der Waals surface area contributed by atoms with Gasteiger partial charge in [0.15, 0.2) is 0 Å². The van der Waals surface area contributed by atoms with E-state index in [1.54, 1.807) is 18.2 Å². The minimum absolute atomic E-state index is 0.317. The van der Waals surface area contributed by atoms with Gasteiger partial charge in [-0.1, -0.05) is 12.1 Å². The van der Waals surface area contributed by atoms with Gasteiger partial charge in [-0.3, -0.25) is 4.79 Å². The summed E-state index contributed by atoms with van der Waals surface area (Å²) in [7, 11) is 1.47. The summed E-state index contributed by atoms with van der Waals surface area (Å²) in [6.07, 6.45) is 0. The molecule has 1 aromatic heterocycles. The number of carbonyl (C=O) groups excluding carboxylic acids is 1. The summed E-state index contributed by atoms with van der Waals surface area (Å²) in [6.45, 7) is 3.34. The summed E-state index contributed by atoms with van der Waals surface area (Å²) in [5.74, 6) is -1.71. The number of hydrogen-bond acceptors (Lipinski definition) is 3. The number of aryl methyl sites for hydroxylation is 1. The van der Waals surface area contributed by atoms with E-state index in [1.807, 2.05) is 6.92 Å². The van der Waals surface area contributed by atoms with Gasteiger partial charge >= 0.3 is 5.97 Å². The van der Waals surface area contributed by atoms with Crippen LogP contribution < -0.4 is 0 Å². The maximum atomic E-state index is 13.0. The van der Waals surface area contributed by atoms with Crippen molar-refractivity contribution in [2.24, 2.45) is 0 Å². The van der Waals surface area contributed by atoms with E-state index in [1.165, 1.54) is 42.3 Å². The average molecular weight is 321 g/mol. The first kappa shape index (κ1) is 16.2. The van der Waals surface area contributed by atoms with Crippen molar-refractivity contribution < 1.29 is 19.1 Å². The summed E-state index contributed by atoms with van der Waals surface area (Å²) in [5.41, 5.74) is 1.67. The molecule has 4 nitrogen and oxygen atoms in total. The zero-order valence-electron chi connectivity index (χ0n) is 12.5. The fourth-order valence-electron chi connectivity index (χ4n) is 2.02. The number of carbonyl (C=O) groups is 2. The van der Waals surface area contributed by atoms with Crippen LogP contribution in [0.25, 0.3) is 11.1 Å². The van der Waals surface area contributed by atoms with Crippen LogP contribution >= 0.6 is 11.3 Å². The third kappa shape index (κ3) is 3.17. The van der Waals surface area contributed by atoms with Crippen molar-refractivity contribution in [3.05, 3.63) is 45.9 Å². The molecule has 0 aliphatic heterocycles. The van der Waals surface area contributed by atoms with E-state index >= 15 is 0 Å². The molecule has 116 valence electrons. The standard InChI is InChI=1S/C16H16FNO3S/c1-9(16(20)21)18(3)15(19)14-8-13(10(2)22-14)11-4-6-12(17)7-5-11/h4-9H,1-3H3,(H,20,21). The maximum Gasteiger partial charge on any atom is 0.326 e. The predicted octanol–water partition coefficient (Wildman–Crippen LogP) is 3.41. The zero-order valence-corrected chi connectivity index (χ0v) is 13.3. The van der Waals surface area contributed by atoms with Crippen LogP contribution in [0.15, 0.2) is 30.3 Å². The van der Waals surface area contributed by atoms with Crippen LogP contribution in [0, 0.1) is 12.7 Å². The lowest BCUT2D eigenvalue weighted by Crippen LogP contribution is -2.39. The lowest BCUT2D eigenvalue weighted by molar-refractivity contribution is -0.141. The van der Waals surface area contributed by atoms with Gasteiger partial charge in [-0.15, -0.1) is 11.3 Å². The van der Waals surface area contributed by atoms with Crippen LogP contribution in [0.2, 0.25) is 0 Å². The first-order valence-electron chi connectivity index (χ1n) is 6.67. The fraction of sp³-hybridized carbons (Fsp3) is 0.250. The topological polar surface area (TPSA) is 57.6 Å². The van der Waals surface area contributed by atoms with Crippen LogP contribution in [0.4, 0.5) is 4.39 Å². The van der Waals surface area contributed by atoms with Crippen LogP contribution in [-0.4, -0.2) is 35.0 Å². The largest absolute Gasteiger partial charge is 0.480 e. The van der Waals surface area contributed by atoms with E-state index in [4.69, 9.17) is 5.11 Å². The van der Waals surface area contributed by atoms with E-state index in [2.05, 4.69) is 0 Å². The van der Waals surface area contributed by atoms with Crippen LogP contribution in [0.1, 0.15) is 21.5 Å². The SMILES string of the molecule is Cc1sc(C(=O)N(C)C(C)C(=O)O)cc1-c1ccc(F)cc1. The molecule has 1 amide bonds. The molecule has 1 aromatic carbocycles. The van der Waals surface area contributed by atoms with E-state index in [9.17, 15) is 14.0 Å². The normalized spacial score (nSPS) is 12.0. The van der Waals surface area contributed by atoms with Gasteiger partial charge in [-0.2, -0.15) is 0 Å². The van der Waals surface area contributed by atoms with Gasteiger partial charge in [-0.25, -0.2) is 9.18 Å². The molecule has 0 aliphatic carbocycles. The lowest BCUT2D eigenvalue weighted by atomic mass is 10.1. The Kier molecular flexibility index (Phi) is 4.61. The molecule has 1 atom stereocenters. The molecular weight excluding hydrogens is 305 g/mol. The maximum absolute atomic E-state index is 13.0. The Morgan fingerprint density at radius 1 is 1.27 bits per heavy atom. The average Bonchev–Trinajstić information content (AvgIpc) is 2.87. The summed E-state index contributed by atoms with van der Waals surface area (Å²) < 4.78 is 13.0. The number of carboxylic acids is 1. The molecule has 6 heteroatoms. The van der Waals surface area contributed by atoms with E-state index < -0.39 is 12.0 Å². The summed E-state index contributed by atoms with van der Waals surface area (Å²) >= 11 is 1.30. The number of amides is 1. The summed E-state index contributed by atoms with van der Waals surface area (Å²) in [4.78, 5) is 25.9. The molecule has 0 fully saturated rings. The van der Waals surface area contributed by atoms with Crippen molar-refractivity contribution in [3.8, 4) is 11.1 Å². The summed E-state index contributed by atoms with van der Waals surface area (Å²) in [5, 5.41) is 8.99. The van der Waals surface area contributed by atoms with E-state index in [0.717, 1.165) is 16.0 Å². The van der Waals surface area contributed by atoms with Gasteiger partial charge in [0.05, 0.1) is 4.88 Å². The first-order valence-corrected chi connectivity index (χ1v) is 7.49. The highest BCUT2D eigenvalue weighted by Gasteiger charge is 2.24. The van der Waals surface area contributed by atoms with Gasteiger partial charge in [-0.05, 0) is 43.2 Å². The molecule has 1 unspecified atom stereocenters. The van der Waals surface area contributed by atoms with Gasteiger partial charge < -0.3 is 10.0 Å². The van der Waals surface area contributed by atoms with Crippen molar-refractivity contribution in [2.75, 3.05) is 7.05 Å². The van der Waals surface area contributed by atoms with Crippen molar-refractivity contribution in [2.45, 2.75) is 19.9 Å². The highest BCUT2D eigenvalue weighted by Crippen LogP contribution is 2.31. The molecule has 2 aromatic rings. The molecule has 1 heterocycles. The number of benzene rings is 1. The number of carboxylic acid groups (broad SMARTS) is 1. The monoisotopic (exact) mass is 321 g/mol. The second-order valence-electron chi connectivity index (χ2n) is 5.02. The Morgan fingerprint density at radius 3 is 2.41 bits per heavy atom. The van der Waals surface area contributed by atoms with Crippen LogP contribution in [0.5, 0.6) is 0 Å². The van der Waals surface area contributed by atoms with Gasteiger partial charge in [0.1, 0.15) is 11.9 Å². The number of halogens is 1. The van der Waals surface area contributed by atoms with Crippen LogP contribution in [0.3, 0.4) is 0 Å². The lowest BCUT2D eigenvalue weighted by Gasteiger charge is -2.20. The quantitative estimate of drug-likeness (QED) is 0.939. The Balaban J connectivity index is 2.31. The molecule has 0 spiro atoms. The van der Waals surface area contributed by atoms with Crippen LogP contribution in [-0.2, 0) is 4.79 Å². The number of rotatable bonds is 4. The molecule has 0 aliphatic rings. The number of nitrogens with zero attached hydrogens (tertiary/aromatic N) is 1. The molecule has 0 bridgehead atoms. The predicted molar refractivity (Wildman–Crippen MR) is 83.6 cm³/mol. The number of hydrogen-bond donors (Lipinski definition) is 1. The number of thiophene rings is 1. The minimum atomic E-state index is -1.05. The second kappa shape index (κ2) is 6.27. The Labute approximate surface area is 131 Å². The van der Waals surface area contributed by atoms with E-state index in [-0.39, 0.29) is 11.7 Å². The highest BCUT2D eigenvalue weighted by atomic mass is 32.1. The van der Waals surface area contributed by atoms with Gasteiger partial charge in [0.2, 0.25) is 0 Å². The molecule has 0 radical (unpaired) electrons. The van der Waals surface area contributed by atoms with Gasteiger partial charge in [0, 0.05) is 11.9 Å². The van der Waals surface area contributed by atoms with Crippen molar-refractivity contribution in [3.63, 3.8) is 0 Å². The molecule has 22 heavy (non-hydrogen) atoms. The summed E-state index contributed by atoms with van der Waals surface area (Å²) in [6, 6.07) is 6.87. The third-order valence-corrected chi connectivity index (χ3v) is 4.58. The molecule has 2 rings (SSSR count). The van der Waals surface area contributed by atoms with Gasteiger partial charge in [0.25, 0.3) is 5.91 Å².